The zero-order chi connectivity index (χ0) is 8.27. The zero-order valence-corrected chi connectivity index (χ0v) is 8.55. The summed E-state index contributed by atoms with van der Waals surface area (Å²) in [5.41, 5.74) is 3.00. The van der Waals surface area contributed by atoms with E-state index in [4.69, 9.17) is 10.6 Å². The summed E-state index contributed by atoms with van der Waals surface area (Å²) in [6.45, 7) is 0. The van der Waals surface area contributed by atoms with Gasteiger partial charge in [0.15, 0.2) is 11.6 Å². The van der Waals surface area contributed by atoms with Crippen molar-refractivity contribution < 1.29 is 9.13 Å². The molecule has 1 rings (SSSR count). The second-order valence-corrected chi connectivity index (χ2v) is 1.99. The van der Waals surface area contributed by atoms with E-state index in [1.54, 1.807) is 0 Å². The van der Waals surface area contributed by atoms with E-state index in [1.807, 2.05) is 0 Å². The van der Waals surface area contributed by atoms with Gasteiger partial charge in [0.2, 0.25) is 0 Å². The highest BCUT2D eigenvalue weighted by atomic mass is 35.5. The fourth-order valence-electron chi connectivity index (χ4n) is 0.750. The molecule has 6 heteroatoms. The van der Waals surface area contributed by atoms with Gasteiger partial charge in [0, 0.05) is 6.07 Å². The summed E-state index contributed by atoms with van der Waals surface area (Å²) in [5, 5.41) is 0. The minimum absolute atomic E-state index is 0. The molecule has 0 amide bonds. The third-order valence-electron chi connectivity index (χ3n) is 1.32. The first-order chi connectivity index (χ1) is 5.27. The SMILES string of the molecule is COc1cc(NN)ccc1F.Cl.Cl. The smallest absolute Gasteiger partial charge is 0.165 e. The number of benzene rings is 1. The predicted octanol–water partition coefficient (Wildman–Crippen LogP) is 1.96. The average Bonchev–Trinajstić information content (AvgIpc) is 2.05. The van der Waals surface area contributed by atoms with E-state index in [2.05, 4.69) is 5.43 Å². The van der Waals surface area contributed by atoms with Crippen LogP contribution in [-0.2, 0) is 0 Å². The Morgan fingerprint density at radius 1 is 1.38 bits per heavy atom. The number of nitrogens with one attached hydrogen (secondary N) is 1. The van der Waals surface area contributed by atoms with E-state index in [-0.39, 0.29) is 30.6 Å². The number of nitrogen functional groups attached to an aromatic ring is 1. The maximum atomic E-state index is 12.7. The predicted molar refractivity (Wildman–Crippen MR) is 55.3 cm³/mol. The lowest BCUT2D eigenvalue weighted by Crippen LogP contribution is -2.06. The van der Waals surface area contributed by atoms with Crippen molar-refractivity contribution in [2.45, 2.75) is 0 Å². The Labute approximate surface area is 88.2 Å². The molecule has 0 aliphatic carbocycles. The molecular weight excluding hydrogens is 218 g/mol. The van der Waals surface area contributed by atoms with Gasteiger partial charge in [-0.1, -0.05) is 0 Å². The van der Waals surface area contributed by atoms with Crippen LogP contribution in [0.25, 0.3) is 0 Å². The van der Waals surface area contributed by atoms with Crippen molar-refractivity contribution in [2.24, 2.45) is 5.84 Å². The number of methoxy groups -OCH3 is 1. The molecule has 1 aromatic rings. The van der Waals surface area contributed by atoms with Crippen LogP contribution in [0.5, 0.6) is 5.75 Å². The quantitative estimate of drug-likeness (QED) is 0.602. The van der Waals surface area contributed by atoms with Crippen LogP contribution in [0.4, 0.5) is 10.1 Å². The lowest BCUT2D eigenvalue weighted by atomic mass is 10.3. The molecule has 0 aliphatic rings. The Morgan fingerprint density at radius 2 is 2.00 bits per heavy atom. The number of nitrogens with two attached hydrogens (primary N) is 1. The summed E-state index contributed by atoms with van der Waals surface area (Å²) in [7, 11) is 1.40. The number of hydrogen-bond acceptors (Lipinski definition) is 3. The molecule has 0 fully saturated rings. The lowest BCUT2D eigenvalue weighted by molar-refractivity contribution is 0.387. The first kappa shape index (κ1) is 14.8. The van der Waals surface area contributed by atoms with Crippen molar-refractivity contribution in [3.63, 3.8) is 0 Å². The van der Waals surface area contributed by atoms with Crippen LogP contribution in [-0.4, -0.2) is 7.11 Å². The molecule has 1 aromatic carbocycles. The standard InChI is InChI=1S/C7H9FN2O.2ClH/c1-11-7-4-5(10-9)2-3-6(7)8;;/h2-4,10H,9H2,1H3;2*1H. The van der Waals surface area contributed by atoms with E-state index in [0.717, 1.165) is 0 Å². The summed E-state index contributed by atoms with van der Waals surface area (Å²) in [4.78, 5) is 0. The van der Waals surface area contributed by atoms with Gasteiger partial charge in [-0.25, -0.2) is 4.39 Å². The molecule has 0 atom stereocenters. The van der Waals surface area contributed by atoms with Gasteiger partial charge in [-0.2, -0.15) is 0 Å². The van der Waals surface area contributed by atoms with Gasteiger partial charge in [-0.05, 0) is 12.1 Å². The highest BCUT2D eigenvalue weighted by Crippen LogP contribution is 2.20. The molecule has 0 saturated heterocycles. The molecule has 13 heavy (non-hydrogen) atoms. The summed E-state index contributed by atoms with van der Waals surface area (Å²) < 4.78 is 17.4. The average molecular weight is 229 g/mol. The molecular formula is C7H11Cl2FN2O. The summed E-state index contributed by atoms with van der Waals surface area (Å²) in [5.74, 6) is 4.88. The van der Waals surface area contributed by atoms with E-state index in [1.165, 1.54) is 25.3 Å². The summed E-state index contributed by atoms with van der Waals surface area (Å²) >= 11 is 0. The van der Waals surface area contributed by atoms with Crippen molar-refractivity contribution in [3.8, 4) is 5.75 Å². The summed E-state index contributed by atoms with van der Waals surface area (Å²) in [6.07, 6.45) is 0. The minimum atomic E-state index is -0.397. The first-order valence-electron chi connectivity index (χ1n) is 3.08. The molecule has 76 valence electrons. The van der Waals surface area contributed by atoms with E-state index in [9.17, 15) is 4.39 Å². The molecule has 0 aliphatic heterocycles. The lowest BCUT2D eigenvalue weighted by Gasteiger charge is -2.03. The van der Waals surface area contributed by atoms with Gasteiger partial charge in [0.05, 0.1) is 12.8 Å². The Bertz CT molecular complexity index is 260. The molecule has 0 spiro atoms. The van der Waals surface area contributed by atoms with E-state index in [0.29, 0.717) is 5.69 Å². The fourth-order valence-corrected chi connectivity index (χ4v) is 0.750. The molecule has 0 unspecified atom stereocenters. The van der Waals surface area contributed by atoms with E-state index >= 15 is 0 Å². The van der Waals surface area contributed by atoms with Crippen LogP contribution in [0, 0.1) is 5.82 Å². The maximum Gasteiger partial charge on any atom is 0.165 e. The molecule has 0 saturated carbocycles. The normalized spacial score (nSPS) is 7.92. The van der Waals surface area contributed by atoms with Crippen LogP contribution in [0.3, 0.4) is 0 Å². The number of rotatable bonds is 2. The Hall–Kier alpha value is -0.710. The van der Waals surface area contributed by atoms with Gasteiger partial charge in [-0.15, -0.1) is 24.8 Å². The zero-order valence-electron chi connectivity index (χ0n) is 6.91. The second-order valence-electron chi connectivity index (χ2n) is 1.99. The number of halogens is 3. The van der Waals surface area contributed by atoms with Crippen molar-refractivity contribution in [2.75, 3.05) is 12.5 Å². The topological polar surface area (TPSA) is 47.3 Å². The Balaban J connectivity index is 0. The third-order valence-corrected chi connectivity index (χ3v) is 1.32. The van der Waals surface area contributed by atoms with Crippen LogP contribution >= 0.6 is 24.8 Å². The third kappa shape index (κ3) is 3.67. The number of hydrogen-bond donors (Lipinski definition) is 2. The van der Waals surface area contributed by atoms with Crippen LogP contribution < -0.4 is 16.0 Å². The van der Waals surface area contributed by atoms with Gasteiger partial charge in [-0.3, -0.25) is 5.84 Å². The monoisotopic (exact) mass is 228 g/mol. The number of ether oxygens (including phenoxy) is 1. The maximum absolute atomic E-state index is 12.7. The second kappa shape index (κ2) is 6.77. The molecule has 3 nitrogen and oxygen atoms in total. The molecule has 3 N–H and O–H groups in total. The molecule has 0 bridgehead atoms. The molecule has 0 radical (unpaired) electrons. The van der Waals surface area contributed by atoms with Gasteiger partial charge in [0.1, 0.15) is 0 Å². The van der Waals surface area contributed by atoms with Crippen LogP contribution in [0.15, 0.2) is 18.2 Å². The minimum Gasteiger partial charge on any atom is -0.494 e. The van der Waals surface area contributed by atoms with Crippen LogP contribution in [0.2, 0.25) is 0 Å². The fraction of sp³-hybridized carbons (Fsp3) is 0.143. The van der Waals surface area contributed by atoms with Gasteiger partial charge in [0.25, 0.3) is 0 Å². The Kier molecular flexibility index (Phi) is 7.70. The first-order valence-corrected chi connectivity index (χ1v) is 3.08. The van der Waals surface area contributed by atoms with Crippen molar-refractivity contribution in [1.82, 2.24) is 0 Å². The highest BCUT2D eigenvalue weighted by molar-refractivity contribution is 5.85. The van der Waals surface area contributed by atoms with Gasteiger partial charge < -0.3 is 10.2 Å². The number of hydrazine groups is 1. The van der Waals surface area contributed by atoms with Crippen molar-refractivity contribution >= 4 is 30.5 Å². The highest BCUT2D eigenvalue weighted by Gasteiger charge is 2.01. The van der Waals surface area contributed by atoms with E-state index < -0.39 is 5.82 Å². The number of anilines is 1. The largest absolute Gasteiger partial charge is 0.494 e. The van der Waals surface area contributed by atoms with Gasteiger partial charge >= 0.3 is 0 Å². The Morgan fingerprint density at radius 3 is 2.46 bits per heavy atom. The molecule has 0 heterocycles. The molecule has 0 aromatic heterocycles. The van der Waals surface area contributed by atoms with Crippen molar-refractivity contribution in [3.05, 3.63) is 24.0 Å². The summed E-state index contributed by atoms with van der Waals surface area (Å²) in [6, 6.07) is 4.29. The van der Waals surface area contributed by atoms with Crippen molar-refractivity contribution in [1.29, 1.82) is 0 Å². The van der Waals surface area contributed by atoms with Crippen LogP contribution in [0.1, 0.15) is 0 Å².